The summed E-state index contributed by atoms with van der Waals surface area (Å²) in [5.41, 5.74) is 5.63. The van der Waals surface area contributed by atoms with Crippen LogP contribution in [0.15, 0.2) is 22.7 Å². The Morgan fingerprint density at radius 3 is 2.35 bits per heavy atom. The molecule has 0 saturated carbocycles. The minimum absolute atomic E-state index is 0.0978. The Bertz CT molecular complexity index is 493. The van der Waals surface area contributed by atoms with E-state index >= 15 is 0 Å². The summed E-state index contributed by atoms with van der Waals surface area (Å²) in [5.74, 6) is -1.22. The first-order valence-corrected chi connectivity index (χ1v) is 7.21. The number of rotatable bonds is 6. The molecule has 110 valence electrons. The van der Waals surface area contributed by atoms with E-state index in [0.717, 1.165) is 0 Å². The molecule has 0 unspecified atom stereocenters. The van der Waals surface area contributed by atoms with Gasteiger partial charge in [-0.1, -0.05) is 29.8 Å². The van der Waals surface area contributed by atoms with E-state index in [0.29, 0.717) is 28.6 Å². The molecule has 0 radical (unpaired) electrons. The molecular weight excluding hydrogens is 324 g/mol. The number of carbonyl (C=O) groups is 2. The number of nitrogens with two attached hydrogens (primary N) is 1. The molecular formula is C14H19BrN2O3. The molecule has 0 aliphatic rings. The van der Waals surface area contributed by atoms with Crippen molar-refractivity contribution in [1.82, 2.24) is 5.32 Å². The zero-order valence-corrected chi connectivity index (χ0v) is 13.2. The summed E-state index contributed by atoms with van der Waals surface area (Å²) in [6.07, 6.45) is 0.916. The van der Waals surface area contributed by atoms with Gasteiger partial charge in [0.15, 0.2) is 0 Å². The number of hydrogen-bond donors (Lipinski definition) is 3. The highest BCUT2D eigenvalue weighted by Crippen LogP contribution is 2.26. The first-order valence-electron chi connectivity index (χ1n) is 6.42. The molecule has 0 bridgehead atoms. The van der Waals surface area contributed by atoms with Gasteiger partial charge >= 0.3 is 5.97 Å². The van der Waals surface area contributed by atoms with Crippen molar-refractivity contribution in [3.8, 4) is 0 Å². The largest absolute Gasteiger partial charge is 0.481 e. The first-order chi connectivity index (χ1) is 9.34. The lowest BCUT2D eigenvalue weighted by atomic mass is 9.82. The predicted octanol–water partition coefficient (Wildman–Crippen LogP) is 2.65. The van der Waals surface area contributed by atoms with E-state index in [1.165, 1.54) is 0 Å². The molecule has 0 heterocycles. The minimum Gasteiger partial charge on any atom is -0.481 e. The van der Waals surface area contributed by atoms with E-state index in [-0.39, 0.29) is 12.5 Å². The molecule has 1 amide bonds. The maximum Gasteiger partial charge on any atom is 0.311 e. The van der Waals surface area contributed by atoms with E-state index < -0.39 is 11.4 Å². The van der Waals surface area contributed by atoms with Crippen LogP contribution in [-0.2, 0) is 4.79 Å². The number of nitrogen functional groups attached to an aromatic ring is 1. The Morgan fingerprint density at radius 2 is 1.90 bits per heavy atom. The third kappa shape index (κ3) is 3.72. The standard InChI is InChI=1S/C14H19BrN2O3/c1-3-14(4-2,13(19)20)8-17-12(18)9-5-10(15)7-11(16)6-9/h5-7H,3-4,8,16H2,1-2H3,(H,17,18)(H,19,20). The second-order valence-electron chi connectivity index (χ2n) is 4.75. The Hall–Kier alpha value is -1.56. The van der Waals surface area contributed by atoms with Crippen molar-refractivity contribution in [2.45, 2.75) is 26.7 Å². The van der Waals surface area contributed by atoms with Gasteiger partial charge in [-0.2, -0.15) is 0 Å². The summed E-state index contributed by atoms with van der Waals surface area (Å²) in [6.45, 7) is 3.71. The van der Waals surface area contributed by atoms with Gasteiger partial charge in [-0.15, -0.1) is 0 Å². The van der Waals surface area contributed by atoms with Gasteiger partial charge in [0.2, 0.25) is 0 Å². The van der Waals surface area contributed by atoms with Crippen LogP contribution in [0.5, 0.6) is 0 Å². The lowest BCUT2D eigenvalue weighted by Crippen LogP contribution is -2.42. The number of amides is 1. The number of aliphatic carboxylic acids is 1. The minimum atomic E-state index is -0.923. The molecule has 0 aliphatic carbocycles. The van der Waals surface area contributed by atoms with Gasteiger partial charge < -0.3 is 16.2 Å². The van der Waals surface area contributed by atoms with Crippen LogP contribution in [0.3, 0.4) is 0 Å². The fourth-order valence-corrected chi connectivity index (χ4v) is 2.48. The highest BCUT2D eigenvalue weighted by Gasteiger charge is 2.35. The molecule has 20 heavy (non-hydrogen) atoms. The zero-order chi connectivity index (χ0) is 15.3. The predicted molar refractivity (Wildman–Crippen MR) is 81.5 cm³/mol. The first kappa shape index (κ1) is 16.5. The number of hydrogen-bond acceptors (Lipinski definition) is 3. The topological polar surface area (TPSA) is 92.4 Å². The number of halogens is 1. The second-order valence-corrected chi connectivity index (χ2v) is 5.66. The van der Waals surface area contributed by atoms with Crippen molar-refractivity contribution < 1.29 is 14.7 Å². The average molecular weight is 343 g/mol. The molecule has 0 saturated heterocycles. The molecule has 6 heteroatoms. The van der Waals surface area contributed by atoms with Gasteiger partial charge in [0.1, 0.15) is 0 Å². The fraction of sp³-hybridized carbons (Fsp3) is 0.429. The van der Waals surface area contributed by atoms with Gasteiger partial charge in [-0.05, 0) is 31.0 Å². The van der Waals surface area contributed by atoms with E-state index in [2.05, 4.69) is 21.2 Å². The van der Waals surface area contributed by atoms with Crippen molar-refractivity contribution in [3.63, 3.8) is 0 Å². The quantitative estimate of drug-likeness (QED) is 0.693. The van der Waals surface area contributed by atoms with Crippen molar-refractivity contribution in [3.05, 3.63) is 28.2 Å². The third-order valence-corrected chi connectivity index (χ3v) is 4.03. The maximum atomic E-state index is 12.1. The van der Waals surface area contributed by atoms with Crippen molar-refractivity contribution >= 4 is 33.5 Å². The van der Waals surface area contributed by atoms with Crippen LogP contribution in [0.25, 0.3) is 0 Å². The van der Waals surface area contributed by atoms with E-state index in [1.54, 1.807) is 32.0 Å². The lowest BCUT2D eigenvalue weighted by molar-refractivity contribution is -0.149. The van der Waals surface area contributed by atoms with E-state index in [1.807, 2.05) is 0 Å². The number of anilines is 1. The monoisotopic (exact) mass is 342 g/mol. The Labute approximate surface area is 126 Å². The van der Waals surface area contributed by atoms with Crippen LogP contribution in [0.1, 0.15) is 37.0 Å². The highest BCUT2D eigenvalue weighted by molar-refractivity contribution is 9.10. The molecule has 0 aromatic heterocycles. The number of benzene rings is 1. The molecule has 0 spiro atoms. The van der Waals surface area contributed by atoms with Gasteiger partial charge in [0.25, 0.3) is 5.91 Å². The molecule has 4 N–H and O–H groups in total. The zero-order valence-electron chi connectivity index (χ0n) is 11.6. The number of carboxylic acids is 1. The summed E-state index contributed by atoms with van der Waals surface area (Å²) in [4.78, 5) is 23.4. The summed E-state index contributed by atoms with van der Waals surface area (Å²) in [6, 6.07) is 4.89. The number of carboxylic acid groups (broad SMARTS) is 1. The van der Waals surface area contributed by atoms with Crippen LogP contribution >= 0.6 is 15.9 Å². The van der Waals surface area contributed by atoms with Crippen molar-refractivity contribution in [2.75, 3.05) is 12.3 Å². The molecule has 0 atom stereocenters. The van der Waals surface area contributed by atoms with Crippen LogP contribution < -0.4 is 11.1 Å². The second kappa shape index (κ2) is 6.74. The molecule has 5 nitrogen and oxygen atoms in total. The third-order valence-electron chi connectivity index (χ3n) is 3.58. The van der Waals surface area contributed by atoms with Gasteiger partial charge in [-0.25, -0.2) is 0 Å². The van der Waals surface area contributed by atoms with Crippen molar-refractivity contribution in [1.29, 1.82) is 0 Å². The fourth-order valence-electron chi connectivity index (χ4n) is 1.97. The molecule has 1 aromatic rings. The summed E-state index contributed by atoms with van der Waals surface area (Å²) < 4.78 is 0.707. The lowest BCUT2D eigenvalue weighted by Gasteiger charge is -2.26. The maximum absolute atomic E-state index is 12.1. The normalized spacial score (nSPS) is 11.2. The summed E-state index contributed by atoms with van der Waals surface area (Å²) in [7, 11) is 0. The number of carbonyl (C=O) groups excluding carboxylic acids is 1. The summed E-state index contributed by atoms with van der Waals surface area (Å²) in [5, 5.41) is 12.0. The molecule has 1 rings (SSSR count). The molecule has 0 fully saturated rings. The van der Waals surface area contributed by atoms with E-state index in [9.17, 15) is 14.7 Å². The Morgan fingerprint density at radius 1 is 1.30 bits per heavy atom. The smallest absolute Gasteiger partial charge is 0.311 e. The molecule has 0 aliphatic heterocycles. The highest BCUT2D eigenvalue weighted by atomic mass is 79.9. The Kier molecular flexibility index (Phi) is 5.56. The van der Waals surface area contributed by atoms with Gasteiger partial charge in [-0.3, -0.25) is 9.59 Å². The van der Waals surface area contributed by atoms with Gasteiger partial charge in [0, 0.05) is 22.3 Å². The Balaban J connectivity index is 2.83. The summed E-state index contributed by atoms with van der Waals surface area (Å²) >= 11 is 3.27. The van der Waals surface area contributed by atoms with Crippen LogP contribution in [-0.4, -0.2) is 23.5 Å². The number of nitrogens with one attached hydrogen (secondary N) is 1. The van der Waals surface area contributed by atoms with Gasteiger partial charge in [0.05, 0.1) is 5.41 Å². The van der Waals surface area contributed by atoms with E-state index in [4.69, 9.17) is 5.73 Å². The van der Waals surface area contributed by atoms with Crippen LogP contribution in [0, 0.1) is 5.41 Å². The SMILES string of the molecule is CCC(CC)(CNC(=O)c1cc(N)cc(Br)c1)C(=O)O. The van der Waals surface area contributed by atoms with Crippen molar-refractivity contribution in [2.24, 2.45) is 5.41 Å². The molecule has 1 aromatic carbocycles. The van der Waals surface area contributed by atoms with Crippen LogP contribution in [0.4, 0.5) is 5.69 Å². The van der Waals surface area contributed by atoms with Crippen LogP contribution in [0.2, 0.25) is 0 Å². The average Bonchev–Trinajstić information content (AvgIpc) is 2.38.